The van der Waals surface area contributed by atoms with Gasteiger partial charge in [-0.25, -0.2) is 0 Å². The normalized spacial score (nSPS) is 15.8. The van der Waals surface area contributed by atoms with E-state index in [1.54, 1.807) is 17.0 Å². The summed E-state index contributed by atoms with van der Waals surface area (Å²) in [5.41, 5.74) is 3.66. The minimum Gasteiger partial charge on any atom is -0.355 e. The van der Waals surface area contributed by atoms with Crippen molar-refractivity contribution in [3.05, 3.63) is 59.2 Å². The Balaban J connectivity index is 1.41. The Morgan fingerprint density at radius 1 is 0.931 bits per heavy atom. The summed E-state index contributed by atoms with van der Waals surface area (Å²) >= 11 is 0. The average Bonchev–Trinajstić information content (AvgIpc) is 3.04. The lowest BCUT2D eigenvalue weighted by Gasteiger charge is -2.34. The number of hydrogen-bond donors (Lipinski definition) is 1. The second-order valence-electron chi connectivity index (χ2n) is 7.55. The number of rotatable bonds is 5. The number of nitrogens with zero attached hydrogens (tertiary/aromatic N) is 2. The Hall–Kier alpha value is -2.99. The number of nitrogens with one attached hydrogen (secondary N) is 1. The van der Waals surface area contributed by atoms with Gasteiger partial charge in [0, 0.05) is 49.4 Å². The molecule has 0 spiro atoms. The van der Waals surface area contributed by atoms with Gasteiger partial charge in [0.05, 0.1) is 6.54 Å². The van der Waals surface area contributed by atoms with Crippen molar-refractivity contribution in [2.75, 3.05) is 39.3 Å². The SMILES string of the molecule is CCCNC(=O)CN1CCN(C(=O)c2ccc3c(c2)C(=O)c2ccccc2-3)CC1. The molecule has 0 unspecified atom stereocenters. The first-order chi connectivity index (χ1) is 14.1. The maximum Gasteiger partial charge on any atom is 0.253 e. The summed E-state index contributed by atoms with van der Waals surface area (Å²) < 4.78 is 0. The molecule has 2 aromatic rings. The summed E-state index contributed by atoms with van der Waals surface area (Å²) in [7, 11) is 0. The molecule has 0 bridgehead atoms. The third-order valence-electron chi connectivity index (χ3n) is 5.57. The Labute approximate surface area is 170 Å². The first kappa shape index (κ1) is 19.3. The third-order valence-corrected chi connectivity index (χ3v) is 5.57. The van der Waals surface area contributed by atoms with Crippen LogP contribution in [0.2, 0.25) is 0 Å². The highest BCUT2D eigenvalue weighted by atomic mass is 16.2. The van der Waals surface area contributed by atoms with Crippen molar-refractivity contribution in [2.45, 2.75) is 13.3 Å². The second-order valence-corrected chi connectivity index (χ2v) is 7.55. The first-order valence-electron chi connectivity index (χ1n) is 10.1. The van der Waals surface area contributed by atoms with E-state index in [2.05, 4.69) is 10.2 Å². The molecule has 2 aromatic carbocycles. The van der Waals surface area contributed by atoms with Gasteiger partial charge in [0.1, 0.15) is 0 Å². The van der Waals surface area contributed by atoms with Crippen molar-refractivity contribution < 1.29 is 14.4 Å². The zero-order chi connectivity index (χ0) is 20.4. The van der Waals surface area contributed by atoms with E-state index in [1.807, 2.05) is 37.3 Å². The van der Waals surface area contributed by atoms with Crippen LogP contribution in [0, 0.1) is 0 Å². The smallest absolute Gasteiger partial charge is 0.253 e. The van der Waals surface area contributed by atoms with Crippen LogP contribution in [0.1, 0.15) is 39.6 Å². The van der Waals surface area contributed by atoms with Crippen LogP contribution < -0.4 is 5.32 Å². The van der Waals surface area contributed by atoms with E-state index in [0.29, 0.717) is 56.0 Å². The van der Waals surface area contributed by atoms with Crippen LogP contribution in [-0.2, 0) is 4.79 Å². The molecule has 2 amide bonds. The van der Waals surface area contributed by atoms with E-state index in [1.165, 1.54) is 0 Å². The molecule has 6 nitrogen and oxygen atoms in total. The summed E-state index contributed by atoms with van der Waals surface area (Å²) in [5, 5.41) is 2.88. The van der Waals surface area contributed by atoms with Crippen LogP contribution in [0.3, 0.4) is 0 Å². The van der Waals surface area contributed by atoms with Gasteiger partial charge in [-0.05, 0) is 29.7 Å². The highest BCUT2D eigenvalue weighted by Gasteiger charge is 2.29. The maximum absolute atomic E-state index is 13.0. The van der Waals surface area contributed by atoms with Gasteiger partial charge in [-0.1, -0.05) is 37.3 Å². The van der Waals surface area contributed by atoms with Crippen molar-refractivity contribution in [1.82, 2.24) is 15.1 Å². The topological polar surface area (TPSA) is 69.7 Å². The summed E-state index contributed by atoms with van der Waals surface area (Å²) in [6.07, 6.45) is 0.919. The second kappa shape index (κ2) is 8.17. The first-order valence-corrected chi connectivity index (χ1v) is 10.1. The lowest BCUT2D eigenvalue weighted by atomic mass is 10.0. The highest BCUT2D eigenvalue weighted by molar-refractivity contribution is 6.22. The molecule has 0 saturated carbocycles. The Morgan fingerprint density at radius 2 is 1.62 bits per heavy atom. The molecule has 0 radical (unpaired) electrons. The van der Waals surface area contributed by atoms with Gasteiger partial charge < -0.3 is 10.2 Å². The van der Waals surface area contributed by atoms with Crippen molar-refractivity contribution in [3.63, 3.8) is 0 Å². The number of benzene rings is 2. The van der Waals surface area contributed by atoms with E-state index in [0.717, 1.165) is 17.5 Å². The molecule has 1 heterocycles. The Kier molecular flexibility index (Phi) is 5.45. The van der Waals surface area contributed by atoms with Crippen LogP contribution in [0.5, 0.6) is 0 Å². The molecule has 1 aliphatic heterocycles. The zero-order valence-electron chi connectivity index (χ0n) is 16.6. The molecule has 6 heteroatoms. The molecule has 1 saturated heterocycles. The maximum atomic E-state index is 13.0. The summed E-state index contributed by atoms with van der Waals surface area (Å²) in [4.78, 5) is 41.4. The van der Waals surface area contributed by atoms with Crippen LogP contribution >= 0.6 is 0 Å². The van der Waals surface area contributed by atoms with Crippen LogP contribution in [0.4, 0.5) is 0 Å². The fourth-order valence-corrected chi connectivity index (χ4v) is 3.98. The van der Waals surface area contributed by atoms with Crippen molar-refractivity contribution >= 4 is 17.6 Å². The molecule has 1 N–H and O–H groups in total. The quantitative estimate of drug-likeness (QED) is 0.724. The van der Waals surface area contributed by atoms with Crippen molar-refractivity contribution in [3.8, 4) is 11.1 Å². The number of ketones is 1. The molecule has 0 aromatic heterocycles. The molecular formula is C23H25N3O3. The summed E-state index contributed by atoms with van der Waals surface area (Å²) in [6, 6.07) is 13.0. The van der Waals surface area contributed by atoms with Gasteiger partial charge >= 0.3 is 0 Å². The fraction of sp³-hybridized carbons (Fsp3) is 0.348. The van der Waals surface area contributed by atoms with Crippen molar-refractivity contribution in [2.24, 2.45) is 0 Å². The van der Waals surface area contributed by atoms with Crippen LogP contribution in [0.25, 0.3) is 11.1 Å². The third kappa shape index (κ3) is 3.80. The van der Waals surface area contributed by atoms with Crippen LogP contribution in [-0.4, -0.2) is 66.7 Å². The van der Waals surface area contributed by atoms with Gasteiger partial charge in [-0.2, -0.15) is 0 Å². The van der Waals surface area contributed by atoms with E-state index >= 15 is 0 Å². The highest BCUT2D eigenvalue weighted by Crippen LogP contribution is 2.36. The molecular weight excluding hydrogens is 366 g/mol. The monoisotopic (exact) mass is 391 g/mol. The number of amides is 2. The predicted molar refractivity (Wildman–Crippen MR) is 111 cm³/mol. The predicted octanol–water partition coefficient (Wildman–Crippen LogP) is 2.18. The molecule has 2 aliphatic rings. The zero-order valence-corrected chi connectivity index (χ0v) is 16.6. The minimum absolute atomic E-state index is 0.0202. The van der Waals surface area contributed by atoms with E-state index < -0.39 is 0 Å². The summed E-state index contributed by atoms with van der Waals surface area (Å²) in [6.45, 7) is 5.57. The Morgan fingerprint density at radius 3 is 2.34 bits per heavy atom. The molecule has 150 valence electrons. The molecule has 29 heavy (non-hydrogen) atoms. The van der Waals surface area contributed by atoms with E-state index in [9.17, 15) is 14.4 Å². The lowest BCUT2D eigenvalue weighted by Crippen LogP contribution is -2.51. The van der Waals surface area contributed by atoms with E-state index in [4.69, 9.17) is 0 Å². The molecule has 1 fully saturated rings. The molecule has 0 atom stereocenters. The largest absolute Gasteiger partial charge is 0.355 e. The van der Waals surface area contributed by atoms with Crippen molar-refractivity contribution in [1.29, 1.82) is 0 Å². The Bertz CT molecular complexity index is 962. The number of carbonyl (C=O) groups is 3. The van der Waals surface area contributed by atoms with Gasteiger partial charge in [0.25, 0.3) is 5.91 Å². The number of carbonyl (C=O) groups excluding carboxylic acids is 3. The van der Waals surface area contributed by atoms with Gasteiger partial charge in [0.15, 0.2) is 5.78 Å². The van der Waals surface area contributed by atoms with Gasteiger partial charge in [0.2, 0.25) is 5.91 Å². The van der Waals surface area contributed by atoms with Crippen LogP contribution in [0.15, 0.2) is 42.5 Å². The minimum atomic E-state index is -0.0633. The standard InChI is InChI=1S/C23H25N3O3/c1-2-9-24-21(27)15-25-10-12-26(13-11-25)23(29)16-7-8-18-17-5-3-4-6-19(17)22(28)20(18)14-16/h3-8,14H,2,9-13,15H2,1H3,(H,24,27). The lowest BCUT2D eigenvalue weighted by molar-refractivity contribution is -0.122. The number of hydrogen-bond acceptors (Lipinski definition) is 4. The van der Waals surface area contributed by atoms with Gasteiger partial charge in [-0.15, -0.1) is 0 Å². The number of fused-ring (bicyclic) bond motifs is 3. The van der Waals surface area contributed by atoms with Gasteiger partial charge in [-0.3, -0.25) is 19.3 Å². The molecule has 4 rings (SSSR count). The average molecular weight is 391 g/mol. The fourth-order valence-electron chi connectivity index (χ4n) is 3.98. The summed E-state index contributed by atoms with van der Waals surface area (Å²) in [5.74, 6) is -0.0527. The van der Waals surface area contributed by atoms with E-state index in [-0.39, 0.29) is 17.6 Å². The number of piperazine rings is 1. The molecule has 1 aliphatic carbocycles.